The van der Waals surface area contributed by atoms with Crippen LogP contribution in [0.4, 0.5) is 0 Å². The molecule has 82 valence electrons. The first kappa shape index (κ1) is 11.0. The molecule has 1 aromatic heterocycles. The van der Waals surface area contributed by atoms with Crippen LogP contribution in [0, 0.1) is 5.92 Å². The number of rotatable bonds is 3. The van der Waals surface area contributed by atoms with Crippen LogP contribution in [0.3, 0.4) is 0 Å². The zero-order valence-corrected chi connectivity index (χ0v) is 9.72. The number of halogens is 1. The van der Waals surface area contributed by atoms with Crippen molar-refractivity contribution >= 4 is 22.4 Å². The molecule has 4 nitrogen and oxygen atoms in total. The summed E-state index contributed by atoms with van der Waals surface area (Å²) in [6.07, 6.45) is 2.63. The molecular formula is C9H12ClN3OS. The van der Waals surface area contributed by atoms with Gasteiger partial charge in [0, 0.05) is 11.9 Å². The first-order valence-electron chi connectivity index (χ1n) is 4.83. The lowest BCUT2D eigenvalue weighted by molar-refractivity contribution is 0.630. The second-order valence-corrected chi connectivity index (χ2v) is 5.32. The van der Waals surface area contributed by atoms with Crippen LogP contribution in [0.5, 0.6) is 0 Å². The van der Waals surface area contributed by atoms with Crippen LogP contribution in [0.15, 0.2) is 17.3 Å². The van der Waals surface area contributed by atoms with Gasteiger partial charge in [0.25, 0.3) is 0 Å². The van der Waals surface area contributed by atoms with Crippen molar-refractivity contribution in [3.63, 3.8) is 0 Å². The summed E-state index contributed by atoms with van der Waals surface area (Å²) in [5.74, 6) is 1.14. The van der Waals surface area contributed by atoms with E-state index in [9.17, 15) is 4.21 Å². The average molecular weight is 246 g/mol. The molecule has 0 bridgehead atoms. The molecule has 2 rings (SSSR count). The third kappa shape index (κ3) is 2.96. The molecule has 0 amide bonds. The normalized spacial score (nSPS) is 22.9. The molecule has 1 saturated heterocycles. The Hall–Kier alpha value is -0.520. The maximum Gasteiger partial charge on any atom is 0.223 e. The average Bonchev–Trinajstić information content (AvgIpc) is 2.70. The van der Waals surface area contributed by atoms with Gasteiger partial charge in [-0.25, -0.2) is 9.97 Å². The van der Waals surface area contributed by atoms with Gasteiger partial charge in [-0.15, -0.1) is 0 Å². The topological polar surface area (TPSA) is 54.9 Å². The van der Waals surface area contributed by atoms with Gasteiger partial charge in [-0.2, -0.15) is 0 Å². The van der Waals surface area contributed by atoms with Crippen molar-refractivity contribution in [2.24, 2.45) is 5.92 Å². The van der Waals surface area contributed by atoms with Crippen molar-refractivity contribution in [2.75, 3.05) is 18.8 Å². The molecule has 1 N–H and O–H groups in total. The highest BCUT2D eigenvalue weighted by atomic mass is 35.5. The predicted octanol–water partition coefficient (Wildman–Crippen LogP) is 0.847. The van der Waals surface area contributed by atoms with E-state index in [2.05, 4.69) is 15.3 Å². The molecule has 15 heavy (non-hydrogen) atoms. The van der Waals surface area contributed by atoms with Gasteiger partial charge in [-0.3, -0.25) is 4.21 Å². The molecule has 1 aliphatic rings. The minimum Gasteiger partial charge on any atom is -0.316 e. The van der Waals surface area contributed by atoms with Gasteiger partial charge >= 0.3 is 0 Å². The Balaban J connectivity index is 2.01. The van der Waals surface area contributed by atoms with Crippen LogP contribution >= 0.6 is 11.6 Å². The van der Waals surface area contributed by atoms with Gasteiger partial charge in [0.05, 0.1) is 10.8 Å². The first-order valence-corrected chi connectivity index (χ1v) is 6.53. The molecular weight excluding hydrogens is 234 g/mol. The highest BCUT2D eigenvalue weighted by Crippen LogP contribution is 2.13. The Bertz CT molecular complexity index is 368. The second kappa shape index (κ2) is 5.01. The summed E-state index contributed by atoms with van der Waals surface area (Å²) >= 11 is 5.64. The molecule has 2 atom stereocenters. The van der Waals surface area contributed by atoms with Crippen molar-refractivity contribution in [3.8, 4) is 0 Å². The third-order valence-electron chi connectivity index (χ3n) is 2.38. The summed E-state index contributed by atoms with van der Waals surface area (Å²) in [6.45, 7) is 1.97. The number of nitrogens with one attached hydrogen (secondary N) is 1. The number of nitrogens with zero attached hydrogens (tertiary/aromatic N) is 2. The Morgan fingerprint density at radius 2 is 2.53 bits per heavy atom. The van der Waals surface area contributed by atoms with Gasteiger partial charge in [0.15, 0.2) is 0 Å². The lowest BCUT2D eigenvalue weighted by Gasteiger charge is -2.06. The van der Waals surface area contributed by atoms with E-state index >= 15 is 0 Å². The molecule has 0 aliphatic carbocycles. The van der Waals surface area contributed by atoms with E-state index in [-0.39, 0.29) is 5.28 Å². The minimum atomic E-state index is -1.06. The molecule has 0 unspecified atom stereocenters. The minimum absolute atomic E-state index is 0.158. The molecule has 6 heteroatoms. The summed E-state index contributed by atoms with van der Waals surface area (Å²) in [4.78, 5) is 7.71. The zero-order chi connectivity index (χ0) is 10.7. The molecule has 1 fully saturated rings. The maximum absolute atomic E-state index is 11.9. The highest BCUT2D eigenvalue weighted by Gasteiger charge is 2.18. The highest BCUT2D eigenvalue weighted by molar-refractivity contribution is 7.84. The molecule has 0 aromatic carbocycles. The molecule has 2 heterocycles. The molecule has 0 radical (unpaired) electrons. The zero-order valence-electron chi connectivity index (χ0n) is 8.15. The monoisotopic (exact) mass is 245 g/mol. The molecule has 0 spiro atoms. The van der Waals surface area contributed by atoms with Crippen molar-refractivity contribution < 1.29 is 4.21 Å². The standard InChI is InChI=1S/C9H12ClN3OS/c10-9-12-4-2-8(13-9)15(14)6-7-1-3-11-5-7/h2,4,7,11H,1,3,5-6H2/t7-,15+/m0/s1. The summed E-state index contributed by atoms with van der Waals surface area (Å²) < 4.78 is 11.9. The van der Waals surface area contributed by atoms with Crippen molar-refractivity contribution in [3.05, 3.63) is 17.5 Å². The maximum atomic E-state index is 11.9. The van der Waals surface area contributed by atoms with Crippen LogP contribution in [0.1, 0.15) is 6.42 Å². The lowest BCUT2D eigenvalue weighted by Crippen LogP contribution is -2.15. The van der Waals surface area contributed by atoms with E-state index in [0.717, 1.165) is 19.5 Å². The Morgan fingerprint density at radius 1 is 1.67 bits per heavy atom. The second-order valence-electron chi connectivity index (χ2n) is 3.53. The van der Waals surface area contributed by atoms with E-state index in [1.807, 2.05) is 0 Å². The van der Waals surface area contributed by atoms with Crippen LogP contribution in [0.25, 0.3) is 0 Å². The fourth-order valence-corrected chi connectivity index (χ4v) is 3.08. The van der Waals surface area contributed by atoms with Crippen LogP contribution in [-0.2, 0) is 10.8 Å². The van der Waals surface area contributed by atoms with E-state index in [1.54, 1.807) is 6.07 Å². The van der Waals surface area contributed by atoms with E-state index in [0.29, 0.717) is 16.7 Å². The van der Waals surface area contributed by atoms with Gasteiger partial charge in [-0.1, -0.05) is 0 Å². The van der Waals surface area contributed by atoms with E-state index < -0.39 is 10.8 Å². The van der Waals surface area contributed by atoms with E-state index in [4.69, 9.17) is 11.6 Å². The summed E-state index contributed by atoms with van der Waals surface area (Å²) in [7, 11) is -1.06. The third-order valence-corrected chi connectivity index (χ3v) is 4.03. The number of hydrogen-bond donors (Lipinski definition) is 1. The Morgan fingerprint density at radius 3 is 3.20 bits per heavy atom. The summed E-state index contributed by atoms with van der Waals surface area (Å²) in [5, 5.41) is 3.93. The smallest absolute Gasteiger partial charge is 0.223 e. The van der Waals surface area contributed by atoms with Crippen LogP contribution in [-0.4, -0.2) is 33.0 Å². The number of aromatic nitrogens is 2. The van der Waals surface area contributed by atoms with Crippen molar-refractivity contribution in [2.45, 2.75) is 11.4 Å². The molecule has 0 saturated carbocycles. The summed E-state index contributed by atoms with van der Waals surface area (Å²) in [5.41, 5.74) is 0. The fraction of sp³-hybridized carbons (Fsp3) is 0.556. The Kier molecular flexibility index (Phi) is 3.66. The quantitative estimate of drug-likeness (QED) is 0.634. The largest absolute Gasteiger partial charge is 0.316 e. The van der Waals surface area contributed by atoms with E-state index in [1.165, 1.54) is 6.20 Å². The van der Waals surface area contributed by atoms with Gasteiger partial charge in [-0.05, 0) is 43.1 Å². The predicted molar refractivity (Wildman–Crippen MR) is 59.3 cm³/mol. The Labute approximate surface area is 95.9 Å². The lowest BCUT2D eigenvalue weighted by atomic mass is 10.2. The SMILES string of the molecule is O=[S@](C[C@H]1CCNC1)c1ccnc(Cl)n1. The molecule has 1 aliphatic heterocycles. The van der Waals surface area contributed by atoms with Crippen molar-refractivity contribution in [1.29, 1.82) is 0 Å². The first-order chi connectivity index (χ1) is 7.25. The van der Waals surface area contributed by atoms with Gasteiger partial charge in [0.1, 0.15) is 5.03 Å². The fourth-order valence-electron chi connectivity index (χ4n) is 1.60. The molecule has 1 aromatic rings. The van der Waals surface area contributed by atoms with Crippen LogP contribution < -0.4 is 5.32 Å². The summed E-state index contributed by atoms with van der Waals surface area (Å²) in [6, 6.07) is 1.66. The van der Waals surface area contributed by atoms with Gasteiger partial charge in [0.2, 0.25) is 5.28 Å². The number of hydrogen-bond acceptors (Lipinski definition) is 4. The van der Waals surface area contributed by atoms with Crippen LogP contribution in [0.2, 0.25) is 5.28 Å². The van der Waals surface area contributed by atoms with Crippen molar-refractivity contribution in [1.82, 2.24) is 15.3 Å². The van der Waals surface area contributed by atoms with Gasteiger partial charge < -0.3 is 5.32 Å².